The van der Waals surface area contributed by atoms with E-state index in [1.165, 1.54) is 14.7 Å². The van der Waals surface area contributed by atoms with Crippen LogP contribution in [-0.2, 0) is 55.1 Å². The number of nitrogens with one attached hydrogen (secondary N) is 5. The summed E-state index contributed by atoms with van der Waals surface area (Å²) in [7, 11) is -5.96. The van der Waals surface area contributed by atoms with E-state index in [2.05, 4.69) is 38.1 Å². The molecule has 9 N–H and O–H groups in total. The molecule has 87 heavy (non-hydrogen) atoms. The Bertz CT molecular complexity index is 3650. The van der Waals surface area contributed by atoms with Crippen LogP contribution < -0.4 is 27.0 Å². The monoisotopic (exact) mass is 1210 g/mol. The molecule has 5 atom stereocenters. The van der Waals surface area contributed by atoms with Gasteiger partial charge in [-0.05, 0) is 92.0 Å². The molecule has 26 heteroatoms. The first kappa shape index (κ1) is 61.0. The van der Waals surface area contributed by atoms with Crippen molar-refractivity contribution in [2.24, 2.45) is 11.7 Å². The van der Waals surface area contributed by atoms with Gasteiger partial charge < -0.3 is 56.1 Å². The fourth-order valence-corrected chi connectivity index (χ4v) is 12.5. The number of nitrogens with zero attached hydrogens (tertiary/aromatic N) is 4. The number of imide groups is 1. The van der Waals surface area contributed by atoms with Gasteiger partial charge in [-0.2, -0.15) is 8.78 Å². The van der Waals surface area contributed by atoms with E-state index >= 15 is 4.79 Å². The van der Waals surface area contributed by atoms with Gasteiger partial charge in [0.2, 0.25) is 47.3 Å². The van der Waals surface area contributed by atoms with Crippen molar-refractivity contribution in [3.63, 3.8) is 0 Å². The zero-order chi connectivity index (χ0) is 61.9. The van der Waals surface area contributed by atoms with Gasteiger partial charge in [0.25, 0.3) is 11.8 Å². The summed E-state index contributed by atoms with van der Waals surface area (Å²) in [5.74, 6) is 0.0326. The summed E-state index contributed by atoms with van der Waals surface area (Å²) in [6, 6.07) is 20.8. The molecule has 1 aromatic heterocycles. The summed E-state index contributed by atoms with van der Waals surface area (Å²) < 4.78 is 41.3. The maximum absolute atomic E-state index is 15.1. The summed E-state index contributed by atoms with van der Waals surface area (Å²) in [5, 5.41) is 10.7. The molecule has 454 valence electrons. The zero-order valence-corrected chi connectivity index (χ0v) is 47.8. The normalized spacial score (nSPS) is 20.4. The van der Waals surface area contributed by atoms with Gasteiger partial charge in [-0.1, -0.05) is 84.6 Å². The highest BCUT2D eigenvalue weighted by Gasteiger charge is 2.51. The average molecular weight is 1210 g/mol. The van der Waals surface area contributed by atoms with Gasteiger partial charge in [0, 0.05) is 85.1 Å². The van der Waals surface area contributed by atoms with Gasteiger partial charge in [-0.3, -0.25) is 57.8 Å². The number of aromatic nitrogens is 1. The highest BCUT2D eigenvalue weighted by Crippen LogP contribution is 2.59. The van der Waals surface area contributed by atoms with E-state index in [1.807, 2.05) is 36.4 Å². The topological polar surface area (TPSA) is 331 Å². The number of fused-ring (bicyclic) bond motifs is 3. The van der Waals surface area contributed by atoms with Gasteiger partial charge >= 0.3 is 13.3 Å². The van der Waals surface area contributed by atoms with Crippen molar-refractivity contribution in [2.75, 3.05) is 26.2 Å². The minimum absolute atomic E-state index is 0.0358. The Balaban J connectivity index is 0.840. The number of piperidine rings is 2. The number of likely N-dealkylation sites (tertiary alicyclic amines) is 1. The summed E-state index contributed by atoms with van der Waals surface area (Å²) in [6.45, 7) is 0.137. The van der Waals surface area contributed by atoms with Crippen LogP contribution in [0.25, 0.3) is 10.9 Å². The number of H-pyrrole nitrogens is 1. The second-order valence-corrected chi connectivity index (χ2v) is 24.0. The molecule has 2 unspecified atom stereocenters. The molecule has 10 amide bonds. The first-order valence-electron chi connectivity index (χ1n) is 28.6. The van der Waals surface area contributed by atoms with Crippen LogP contribution in [0.3, 0.4) is 0 Å². The number of rotatable bonds is 16. The standard InChI is InChI=1S/C61H63F2N10O13P/c62-61(63,87(84,85)86)40-16-18-44-39(30-40)31-46(65-44)56(79)67-47-34-71(53(77)32-52(76)70-27-24-35(25-28-70)14-15-36-12-7-13-42-43(36)33-72(59(42)82)48-21-23-51(75)68-57(48)80)29-26-41-17-20-49(73(41)60(47)83)58(81)66-45(19-22-50(64)74)55(78)69-54(37-8-3-1-4-9-37)38-10-5-2-6-11-38/h1-13,16,18,30-31,35,41,45,47-49,54,65H,17,19-29,32-34H2,(H2,64,74)(H,66,81)(H,67,79)(H,69,78)(H,68,75,80)(H2,84,85,86)/t41-,45?,47+,48?,49+/m1/s1. The van der Waals surface area contributed by atoms with Crippen LogP contribution in [0.4, 0.5) is 8.78 Å². The third kappa shape index (κ3) is 13.3. The van der Waals surface area contributed by atoms with E-state index in [1.54, 1.807) is 47.4 Å². The van der Waals surface area contributed by atoms with Crippen LogP contribution >= 0.6 is 7.60 Å². The molecule has 4 fully saturated rings. The van der Waals surface area contributed by atoms with Crippen LogP contribution in [0.2, 0.25) is 0 Å². The maximum Gasteiger partial charge on any atom is 0.399 e. The highest BCUT2D eigenvalue weighted by molar-refractivity contribution is 7.52. The number of benzene rings is 4. The van der Waals surface area contributed by atoms with Crippen LogP contribution in [-0.4, -0.2) is 150 Å². The van der Waals surface area contributed by atoms with Crippen LogP contribution in [0.15, 0.2) is 103 Å². The van der Waals surface area contributed by atoms with Gasteiger partial charge in [0.15, 0.2) is 0 Å². The smallest absolute Gasteiger partial charge is 0.370 e. The van der Waals surface area contributed by atoms with Gasteiger partial charge in [-0.15, -0.1) is 0 Å². The summed E-state index contributed by atoms with van der Waals surface area (Å²) in [5.41, 5.74) is 2.97. The fraction of sp³-hybridized carbons (Fsp3) is 0.377. The van der Waals surface area contributed by atoms with Crippen molar-refractivity contribution in [1.82, 2.24) is 45.9 Å². The largest absolute Gasteiger partial charge is 0.399 e. The quantitative estimate of drug-likeness (QED) is 0.0305. The predicted molar refractivity (Wildman–Crippen MR) is 307 cm³/mol. The molecule has 0 bridgehead atoms. The minimum Gasteiger partial charge on any atom is -0.370 e. The number of hydrogen-bond donors (Lipinski definition) is 8. The Kier molecular flexibility index (Phi) is 17.8. The number of halogens is 2. The number of primary amides is 1. The Labute approximate surface area is 497 Å². The van der Waals surface area contributed by atoms with Gasteiger partial charge in [-0.25, -0.2) is 0 Å². The van der Waals surface area contributed by atoms with E-state index in [4.69, 9.17) is 5.73 Å². The molecule has 5 aliphatic rings. The third-order valence-electron chi connectivity index (χ3n) is 16.7. The van der Waals surface area contributed by atoms with E-state index in [0.29, 0.717) is 29.5 Å². The van der Waals surface area contributed by atoms with Crippen molar-refractivity contribution in [3.05, 3.63) is 142 Å². The lowest BCUT2D eigenvalue weighted by Gasteiger charge is -2.39. The summed E-state index contributed by atoms with van der Waals surface area (Å²) >= 11 is 0. The van der Waals surface area contributed by atoms with Crippen molar-refractivity contribution in [1.29, 1.82) is 0 Å². The summed E-state index contributed by atoms with van der Waals surface area (Å²) in [6.07, 6.45) is 0.611. The van der Waals surface area contributed by atoms with Gasteiger partial charge in [0.1, 0.15) is 36.3 Å². The zero-order valence-electron chi connectivity index (χ0n) is 46.9. The Hall–Kier alpha value is -9.11. The lowest BCUT2D eigenvalue weighted by atomic mass is 9.96. The first-order valence-corrected chi connectivity index (χ1v) is 30.2. The molecule has 0 saturated carbocycles. The molecule has 5 aliphatic heterocycles. The fourth-order valence-electron chi connectivity index (χ4n) is 12.0. The number of nitrogens with two attached hydrogens (primary N) is 1. The lowest BCUT2D eigenvalue weighted by Crippen LogP contribution is -2.62. The van der Waals surface area contributed by atoms with E-state index in [9.17, 15) is 66.3 Å². The minimum atomic E-state index is -5.96. The second kappa shape index (κ2) is 25.5. The van der Waals surface area contributed by atoms with Crippen LogP contribution in [0, 0.1) is 17.8 Å². The molecule has 0 radical (unpaired) electrons. The number of hydrogen-bond acceptors (Lipinski definition) is 11. The number of carbonyl (C=O) groups excluding carboxylic acids is 10. The van der Waals surface area contributed by atoms with E-state index in [-0.39, 0.29) is 105 Å². The number of alkyl halides is 2. The number of carbonyl (C=O) groups is 10. The Morgan fingerprint density at radius 3 is 2.14 bits per heavy atom. The van der Waals surface area contributed by atoms with Crippen LogP contribution in [0.1, 0.15) is 119 Å². The Morgan fingerprint density at radius 2 is 1.47 bits per heavy atom. The Morgan fingerprint density at radius 1 is 0.793 bits per heavy atom. The van der Waals surface area contributed by atoms with E-state index < -0.39 is 115 Å². The van der Waals surface area contributed by atoms with Gasteiger partial charge in [0.05, 0.1) is 6.04 Å². The van der Waals surface area contributed by atoms with Crippen molar-refractivity contribution < 1.29 is 71.1 Å². The lowest BCUT2D eigenvalue weighted by molar-refractivity contribution is -0.147. The number of aromatic amines is 1. The van der Waals surface area contributed by atoms with Crippen molar-refractivity contribution >= 4 is 77.6 Å². The molecule has 0 aliphatic carbocycles. The third-order valence-corrected chi connectivity index (χ3v) is 17.7. The van der Waals surface area contributed by atoms with Crippen molar-refractivity contribution in [3.8, 4) is 11.8 Å². The highest BCUT2D eigenvalue weighted by atomic mass is 31.2. The molecular formula is C61H63F2N10O13P. The second-order valence-electron chi connectivity index (χ2n) is 22.4. The van der Waals surface area contributed by atoms with Crippen LogP contribution in [0.5, 0.6) is 0 Å². The molecule has 23 nitrogen and oxygen atoms in total. The molecule has 0 spiro atoms. The number of amides is 10. The molecule has 5 aromatic rings. The SMILES string of the molecule is NC(=O)CCC(NC(=O)[C@@H]1CC[C@@H]2CCN(C(=O)CC(=O)N3CCC(C#Cc4cccc5c4CN(C4CCC(=O)NC4=O)C5=O)CC3)C[C@H](NC(=O)c3cc4cc(C(F)(F)P(=O)(O)O)ccc4[nH]3)C(=O)N21)C(=O)NC(c1ccccc1)c1ccccc1. The molecule has 6 heterocycles. The molecule has 10 rings (SSSR count). The van der Waals surface area contributed by atoms with E-state index in [0.717, 1.165) is 35.4 Å². The summed E-state index contributed by atoms with van der Waals surface area (Å²) in [4.78, 5) is 164. The maximum atomic E-state index is 15.1. The molecular weight excluding hydrogens is 1150 g/mol. The van der Waals surface area contributed by atoms with Crippen molar-refractivity contribution in [2.45, 2.75) is 113 Å². The predicted octanol–water partition coefficient (Wildman–Crippen LogP) is 3.18. The first-order chi connectivity index (χ1) is 41.5. The molecule has 4 saturated heterocycles. The average Bonchev–Trinajstić information content (AvgIpc) is 2.10. The molecule has 4 aromatic carbocycles.